The maximum atomic E-state index is 13.1. The van der Waals surface area contributed by atoms with Crippen LogP contribution in [0.4, 0.5) is 0 Å². The summed E-state index contributed by atoms with van der Waals surface area (Å²) in [5.41, 5.74) is 0. The zero-order chi connectivity index (χ0) is 73.2. The Morgan fingerprint density at radius 3 is 0.860 bits per heavy atom. The van der Waals surface area contributed by atoms with E-state index in [0.29, 0.717) is 32.1 Å². The minimum absolute atomic E-state index is 0.0379. The van der Waals surface area contributed by atoms with Gasteiger partial charge in [0.15, 0.2) is 12.2 Å². The van der Waals surface area contributed by atoms with Crippen molar-refractivity contribution in [3.05, 3.63) is 109 Å². The molecule has 0 amide bonds. The highest BCUT2D eigenvalue weighted by Crippen LogP contribution is 2.45. The maximum absolute atomic E-state index is 13.1. The minimum atomic E-state index is -4.99. The van der Waals surface area contributed by atoms with E-state index in [0.717, 1.165) is 154 Å². The van der Waals surface area contributed by atoms with Crippen molar-refractivity contribution in [2.75, 3.05) is 39.6 Å². The number of rotatable bonds is 73. The molecule has 0 saturated heterocycles. The van der Waals surface area contributed by atoms with Crippen molar-refractivity contribution in [2.45, 2.75) is 341 Å². The van der Waals surface area contributed by atoms with Crippen LogP contribution in [-0.4, -0.2) is 96.7 Å². The lowest BCUT2D eigenvalue weighted by Gasteiger charge is -2.21. The molecular formula is C81H140O17P2. The topological polar surface area (TPSA) is 237 Å². The number of esters is 4. The summed E-state index contributed by atoms with van der Waals surface area (Å²) in [6.07, 6.45) is 78.0. The number of aliphatic hydroxyl groups is 1. The normalized spacial score (nSPS) is 14.5. The van der Waals surface area contributed by atoms with Crippen molar-refractivity contribution < 1.29 is 80.2 Å². The van der Waals surface area contributed by atoms with E-state index in [4.69, 9.17) is 37.0 Å². The van der Waals surface area contributed by atoms with Crippen LogP contribution >= 0.6 is 15.6 Å². The number of allylic oxidation sites excluding steroid dienone is 18. The fourth-order valence-electron chi connectivity index (χ4n) is 10.3. The molecule has 0 spiro atoms. The van der Waals surface area contributed by atoms with Crippen molar-refractivity contribution in [2.24, 2.45) is 0 Å². The molecule has 0 aromatic rings. The fourth-order valence-corrected chi connectivity index (χ4v) is 11.9. The Morgan fingerprint density at radius 1 is 0.290 bits per heavy atom. The largest absolute Gasteiger partial charge is 0.472 e. The molecule has 0 aliphatic carbocycles. The van der Waals surface area contributed by atoms with Gasteiger partial charge >= 0.3 is 39.5 Å². The first-order valence-electron chi connectivity index (χ1n) is 39.1. The van der Waals surface area contributed by atoms with E-state index in [1.807, 2.05) is 0 Å². The smallest absolute Gasteiger partial charge is 0.462 e. The summed E-state index contributed by atoms with van der Waals surface area (Å²) in [5.74, 6) is -2.24. The van der Waals surface area contributed by atoms with Crippen molar-refractivity contribution in [1.82, 2.24) is 0 Å². The van der Waals surface area contributed by atoms with Gasteiger partial charge in [-0.05, 0) is 122 Å². The summed E-state index contributed by atoms with van der Waals surface area (Å²) in [6, 6.07) is 0. The number of carbonyl (C=O) groups excluding carboxylic acids is 4. The maximum Gasteiger partial charge on any atom is 0.472 e. The Labute approximate surface area is 607 Å². The number of ether oxygens (including phenoxy) is 4. The third-order valence-electron chi connectivity index (χ3n) is 16.2. The quantitative estimate of drug-likeness (QED) is 0.0169. The van der Waals surface area contributed by atoms with Gasteiger partial charge in [-0.1, -0.05) is 285 Å². The summed E-state index contributed by atoms with van der Waals surface area (Å²) >= 11 is 0. The average molecular weight is 1450 g/mol. The van der Waals surface area contributed by atoms with Crippen LogP contribution in [0.25, 0.3) is 0 Å². The molecule has 0 aromatic heterocycles. The molecule has 576 valence electrons. The Morgan fingerprint density at radius 2 is 0.530 bits per heavy atom. The third-order valence-corrected chi connectivity index (χ3v) is 18.1. The van der Waals surface area contributed by atoms with Crippen LogP contribution in [0, 0.1) is 0 Å². The zero-order valence-electron chi connectivity index (χ0n) is 62.8. The zero-order valence-corrected chi connectivity index (χ0v) is 64.6. The van der Waals surface area contributed by atoms with Gasteiger partial charge in [-0.25, -0.2) is 9.13 Å². The fraction of sp³-hybridized carbons (Fsp3) is 0.728. The van der Waals surface area contributed by atoms with E-state index in [1.165, 1.54) is 83.5 Å². The summed E-state index contributed by atoms with van der Waals surface area (Å²) in [4.78, 5) is 72.9. The van der Waals surface area contributed by atoms with Gasteiger partial charge in [0.05, 0.1) is 26.4 Å². The van der Waals surface area contributed by atoms with Crippen LogP contribution in [-0.2, 0) is 65.4 Å². The summed E-state index contributed by atoms with van der Waals surface area (Å²) in [7, 11) is -9.97. The SMILES string of the molecule is CC/C=C\C/C=C\C/C=C\C/C=C\CCCCCCCCC(=O)OCC(COP(=O)(O)OCC(O)COP(=O)(O)OCC(COC(=O)CCCCCCCCCCCCCCCCC)OC(=O)CCCCCCC/C=C\CCCC)OC(=O)CCCC/C=C\C/C=C\C/C=C\C/C=C\CC. The van der Waals surface area contributed by atoms with Gasteiger partial charge in [-0.3, -0.25) is 37.3 Å². The summed E-state index contributed by atoms with van der Waals surface area (Å²) in [6.45, 7) is 4.56. The van der Waals surface area contributed by atoms with Crippen LogP contribution in [0.5, 0.6) is 0 Å². The number of hydrogen-bond donors (Lipinski definition) is 3. The van der Waals surface area contributed by atoms with E-state index in [-0.39, 0.29) is 25.7 Å². The molecule has 0 bridgehead atoms. The molecule has 0 aromatic carbocycles. The van der Waals surface area contributed by atoms with E-state index >= 15 is 0 Å². The molecule has 100 heavy (non-hydrogen) atoms. The monoisotopic (exact) mass is 1450 g/mol. The highest BCUT2D eigenvalue weighted by Gasteiger charge is 2.30. The van der Waals surface area contributed by atoms with Gasteiger partial charge in [-0.2, -0.15) is 0 Å². The number of phosphoric acid groups is 2. The van der Waals surface area contributed by atoms with Crippen LogP contribution in [0.2, 0.25) is 0 Å². The van der Waals surface area contributed by atoms with Crippen molar-refractivity contribution in [3.8, 4) is 0 Å². The van der Waals surface area contributed by atoms with E-state index in [1.54, 1.807) is 0 Å². The second-order valence-electron chi connectivity index (χ2n) is 25.9. The molecular weight excluding hydrogens is 1310 g/mol. The first-order valence-corrected chi connectivity index (χ1v) is 42.1. The number of carbonyl (C=O) groups is 4. The van der Waals surface area contributed by atoms with Crippen LogP contribution in [0.15, 0.2) is 109 Å². The predicted octanol–water partition coefficient (Wildman–Crippen LogP) is 22.6. The van der Waals surface area contributed by atoms with Crippen molar-refractivity contribution >= 4 is 39.5 Å². The molecule has 19 heteroatoms. The first-order chi connectivity index (χ1) is 48.7. The highest BCUT2D eigenvalue weighted by molar-refractivity contribution is 7.47. The second kappa shape index (κ2) is 73.0. The van der Waals surface area contributed by atoms with Gasteiger partial charge in [-0.15, -0.1) is 0 Å². The standard InChI is InChI=1S/C81H140O17P2/c1-5-9-13-17-21-25-29-32-35-36-37-38-41-43-47-50-54-58-62-66-79(84)92-72-77(98-81(86)68-64-60-56-52-48-44-40-34-31-27-23-19-15-11-7-3)74-96-100(89,90)94-70-75(82)69-93-99(87,88)95-73-76(97-80(85)67-63-59-55-51-45-28-24-20-16-12-8-4)71-91-78(83)65-61-57-53-49-46-42-39-33-30-26-22-18-14-10-6-2/h9,11,13,15,20-21,23-25,27,32,34-35,37-38,40,48,52,75-77,82H,5-8,10,12,14,16-19,22,26,28-31,33,36,39,41-47,49-51,53-74H2,1-4H3,(H,87,88)(H,89,90)/b13-9-,15-11-,24-20-,25-21-,27-23-,35-32-,38-37-,40-34-,52-48-. The van der Waals surface area contributed by atoms with Crippen LogP contribution in [0.3, 0.4) is 0 Å². The molecule has 0 saturated carbocycles. The number of unbranched alkanes of at least 4 members (excludes halogenated alkanes) is 29. The number of aliphatic hydroxyl groups excluding tert-OH is 1. The predicted molar refractivity (Wildman–Crippen MR) is 408 cm³/mol. The van der Waals surface area contributed by atoms with Gasteiger partial charge in [0, 0.05) is 25.7 Å². The molecule has 5 atom stereocenters. The lowest BCUT2D eigenvalue weighted by molar-refractivity contribution is -0.161. The third kappa shape index (κ3) is 72.1. The molecule has 0 aliphatic heterocycles. The van der Waals surface area contributed by atoms with Crippen molar-refractivity contribution in [1.29, 1.82) is 0 Å². The van der Waals surface area contributed by atoms with Gasteiger partial charge in [0.1, 0.15) is 19.3 Å². The summed E-state index contributed by atoms with van der Waals surface area (Å²) in [5, 5.41) is 10.6. The Kier molecular flexibility index (Phi) is 69.9. The second-order valence-corrected chi connectivity index (χ2v) is 28.8. The van der Waals surface area contributed by atoms with Crippen LogP contribution in [0.1, 0.15) is 323 Å². The van der Waals surface area contributed by atoms with Gasteiger partial charge in [0.2, 0.25) is 0 Å². The Hall–Kier alpha value is -4.28. The molecule has 17 nitrogen and oxygen atoms in total. The first kappa shape index (κ1) is 95.7. The Balaban J connectivity index is 5.35. The van der Waals surface area contributed by atoms with Gasteiger partial charge in [0.25, 0.3) is 0 Å². The van der Waals surface area contributed by atoms with Gasteiger partial charge < -0.3 is 33.8 Å². The lowest BCUT2D eigenvalue weighted by Crippen LogP contribution is -2.30. The van der Waals surface area contributed by atoms with Crippen LogP contribution < -0.4 is 0 Å². The molecule has 0 rings (SSSR count). The molecule has 5 unspecified atom stereocenters. The van der Waals surface area contributed by atoms with E-state index in [9.17, 15) is 43.2 Å². The molecule has 0 heterocycles. The number of hydrogen-bond acceptors (Lipinski definition) is 15. The van der Waals surface area contributed by atoms with E-state index < -0.39 is 97.5 Å². The minimum Gasteiger partial charge on any atom is -0.462 e. The van der Waals surface area contributed by atoms with E-state index in [2.05, 4.69) is 137 Å². The molecule has 3 N–H and O–H groups in total. The molecule has 0 aliphatic rings. The Bertz CT molecular complexity index is 2320. The molecule has 0 radical (unpaired) electrons. The van der Waals surface area contributed by atoms with Crippen molar-refractivity contribution in [3.63, 3.8) is 0 Å². The summed E-state index contributed by atoms with van der Waals surface area (Å²) < 4.78 is 68.5. The number of phosphoric ester groups is 2. The highest BCUT2D eigenvalue weighted by atomic mass is 31.2. The molecule has 0 fully saturated rings. The lowest BCUT2D eigenvalue weighted by atomic mass is 10.0. The average Bonchev–Trinajstić information content (AvgIpc) is 0.985.